The Balaban J connectivity index is 1.83. The summed E-state index contributed by atoms with van der Waals surface area (Å²) in [6.07, 6.45) is 0. The van der Waals surface area contributed by atoms with Crippen LogP contribution in [0, 0.1) is 18.3 Å². The van der Waals surface area contributed by atoms with Crippen molar-refractivity contribution in [1.82, 2.24) is 9.47 Å². The molecule has 4 heteroatoms. The summed E-state index contributed by atoms with van der Waals surface area (Å²) in [6.45, 7) is 7.94. The first-order chi connectivity index (χ1) is 11.1. The molecule has 1 atom stereocenters. The first-order valence-electron chi connectivity index (χ1n) is 8.10. The fourth-order valence-corrected chi connectivity index (χ4v) is 3.22. The van der Waals surface area contributed by atoms with Gasteiger partial charge in [-0.05, 0) is 31.0 Å². The Labute approximate surface area is 137 Å². The largest absolute Gasteiger partial charge is 0.379 e. The molecular formula is C19H23N3O. The third-order valence-electron chi connectivity index (χ3n) is 4.95. The van der Waals surface area contributed by atoms with Crippen molar-refractivity contribution in [2.24, 2.45) is 7.05 Å². The highest BCUT2D eigenvalue weighted by molar-refractivity contribution is 5.68. The van der Waals surface area contributed by atoms with E-state index in [2.05, 4.69) is 49.1 Å². The molecule has 0 bridgehead atoms. The van der Waals surface area contributed by atoms with Crippen molar-refractivity contribution in [2.75, 3.05) is 26.3 Å². The Kier molecular flexibility index (Phi) is 4.51. The van der Waals surface area contributed by atoms with E-state index in [4.69, 9.17) is 4.74 Å². The molecule has 3 rings (SSSR count). The number of ether oxygens (including phenoxy) is 1. The molecule has 0 amide bonds. The van der Waals surface area contributed by atoms with Crippen LogP contribution in [0.2, 0.25) is 0 Å². The molecule has 23 heavy (non-hydrogen) atoms. The van der Waals surface area contributed by atoms with Crippen molar-refractivity contribution in [3.8, 4) is 17.2 Å². The van der Waals surface area contributed by atoms with Crippen LogP contribution in [-0.4, -0.2) is 35.8 Å². The van der Waals surface area contributed by atoms with Crippen LogP contribution in [-0.2, 0) is 11.8 Å². The van der Waals surface area contributed by atoms with Gasteiger partial charge in [-0.15, -0.1) is 0 Å². The van der Waals surface area contributed by atoms with Gasteiger partial charge in [-0.25, -0.2) is 0 Å². The summed E-state index contributed by atoms with van der Waals surface area (Å²) in [4.78, 5) is 2.46. The lowest BCUT2D eigenvalue weighted by Gasteiger charge is -2.32. The molecule has 1 saturated heterocycles. The van der Waals surface area contributed by atoms with E-state index in [-0.39, 0.29) is 0 Å². The van der Waals surface area contributed by atoms with Gasteiger partial charge in [0.2, 0.25) is 0 Å². The zero-order valence-corrected chi connectivity index (χ0v) is 14.0. The van der Waals surface area contributed by atoms with Crippen LogP contribution in [0.5, 0.6) is 0 Å². The topological polar surface area (TPSA) is 41.2 Å². The third kappa shape index (κ3) is 3.03. The highest BCUT2D eigenvalue weighted by Gasteiger charge is 2.18. The number of nitrogens with zero attached hydrogens (tertiary/aromatic N) is 3. The molecule has 0 saturated carbocycles. The molecule has 120 valence electrons. The monoisotopic (exact) mass is 309 g/mol. The first kappa shape index (κ1) is 15.8. The van der Waals surface area contributed by atoms with E-state index in [1.165, 1.54) is 5.56 Å². The maximum Gasteiger partial charge on any atom is 0.120 e. The van der Waals surface area contributed by atoms with Gasteiger partial charge >= 0.3 is 0 Å². The molecule has 1 aromatic carbocycles. The molecular weight excluding hydrogens is 286 g/mol. The molecule has 1 fully saturated rings. The number of benzene rings is 1. The average molecular weight is 309 g/mol. The van der Waals surface area contributed by atoms with Crippen molar-refractivity contribution >= 4 is 0 Å². The van der Waals surface area contributed by atoms with Gasteiger partial charge in [-0.3, -0.25) is 4.90 Å². The predicted molar refractivity (Wildman–Crippen MR) is 91.1 cm³/mol. The second-order valence-corrected chi connectivity index (χ2v) is 6.15. The van der Waals surface area contributed by atoms with E-state index in [0.29, 0.717) is 11.7 Å². The number of hydrogen-bond donors (Lipinski definition) is 0. The second-order valence-electron chi connectivity index (χ2n) is 6.15. The fourth-order valence-electron chi connectivity index (χ4n) is 3.22. The van der Waals surface area contributed by atoms with Crippen molar-refractivity contribution < 1.29 is 4.74 Å². The molecule has 4 nitrogen and oxygen atoms in total. The SMILES string of the molecule is Cc1c(-c2ccc([C@H](C)N3CCOCC3)cc2)cc(C#N)n1C. The van der Waals surface area contributed by atoms with Crippen molar-refractivity contribution in [2.45, 2.75) is 19.9 Å². The minimum atomic E-state index is 0.402. The van der Waals surface area contributed by atoms with Crippen LogP contribution >= 0.6 is 0 Å². The Morgan fingerprint density at radius 2 is 1.83 bits per heavy atom. The third-order valence-corrected chi connectivity index (χ3v) is 4.95. The molecule has 0 radical (unpaired) electrons. The summed E-state index contributed by atoms with van der Waals surface area (Å²) in [5.41, 5.74) is 5.44. The number of aromatic nitrogens is 1. The minimum Gasteiger partial charge on any atom is -0.379 e. The molecule has 1 aliphatic rings. The van der Waals surface area contributed by atoms with E-state index in [9.17, 15) is 5.26 Å². The highest BCUT2D eigenvalue weighted by atomic mass is 16.5. The smallest absolute Gasteiger partial charge is 0.120 e. The van der Waals surface area contributed by atoms with Crippen LogP contribution < -0.4 is 0 Å². The highest BCUT2D eigenvalue weighted by Crippen LogP contribution is 2.29. The molecule has 1 aliphatic heterocycles. The molecule has 0 spiro atoms. The van der Waals surface area contributed by atoms with E-state index in [0.717, 1.165) is 43.1 Å². The lowest BCUT2D eigenvalue weighted by Crippen LogP contribution is -2.37. The lowest BCUT2D eigenvalue weighted by molar-refractivity contribution is 0.0198. The van der Waals surface area contributed by atoms with Crippen LogP contribution in [0.4, 0.5) is 0 Å². The lowest BCUT2D eigenvalue weighted by atomic mass is 10.0. The standard InChI is InChI=1S/C19H23N3O/c1-14(22-8-10-23-11-9-22)16-4-6-17(7-5-16)19-12-18(13-20)21(3)15(19)2/h4-7,12,14H,8-11H2,1-3H3/t14-/m0/s1. The summed E-state index contributed by atoms with van der Waals surface area (Å²) in [5.74, 6) is 0. The van der Waals surface area contributed by atoms with Gasteiger partial charge in [-0.1, -0.05) is 24.3 Å². The van der Waals surface area contributed by atoms with E-state index < -0.39 is 0 Å². The zero-order chi connectivity index (χ0) is 16.4. The van der Waals surface area contributed by atoms with Gasteiger partial charge in [0.15, 0.2) is 0 Å². The van der Waals surface area contributed by atoms with Gasteiger partial charge in [0.1, 0.15) is 11.8 Å². The molecule has 0 unspecified atom stereocenters. The summed E-state index contributed by atoms with van der Waals surface area (Å²) in [6, 6.07) is 13.3. The maximum atomic E-state index is 9.18. The maximum absolute atomic E-state index is 9.18. The van der Waals surface area contributed by atoms with Crippen molar-refractivity contribution in [3.63, 3.8) is 0 Å². The van der Waals surface area contributed by atoms with Crippen LogP contribution in [0.25, 0.3) is 11.1 Å². The van der Waals surface area contributed by atoms with Crippen LogP contribution in [0.3, 0.4) is 0 Å². The fraction of sp³-hybridized carbons (Fsp3) is 0.421. The van der Waals surface area contributed by atoms with Crippen molar-refractivity contribution in [1.29, 1.82) is 5.26 Å². The molecule has 0 aliphatic carbocycles. The summed E-state index contributed by atoms with van der Waals surface area (Å²) < 4.78 is 7.37. The summed E-state index contributed by atoms with van der Waals surface area (Å²) in [5, 5.41) is 9.18. The minimum absolute atomic E-state index is 0.402. The van der Waals surface area contributed by atoms with Gasteiger partial charge in [0.25, 0.3) is 0 Å². The summed E-state index contributed by atoms with van der Waals surface area (Å²) in [7, 11) is 1.94. The number of morpholine rings is 1. The second kappa shape index (κ2) is 6.57. The molecule has 1 aromatic heterocycles. The Hall–Kier alpha value is -2.09. The van der Waals surface area contributed by atoms with E-state index >= 15 is 0 Å². The molecule has 2 aromatic rings. The summed E-state index contributed by atoms with van der Waals surface area (Å²) >= 11 is 0. The van der Waals surface area contributed by atoms with E-state index in [1.807, 2.05) is 17.7 Å². The number of nitriles is 1. The van der Waals surface area contributed by atoms with Crippen LogP contribution in [0.15, 0.2) is 30.3 Å². The normalized spacial score (nSPS) is 17.0. The van der Waals surface area contributed by atoms with E-state index in [1.54, 1.807) is 0 Å². The van der Waals surface area contributed by atoms with Gasteiger partial charge < -0.3 is 9.30 Å². The van der Waals surface area contributed by atoms with Gasteiger partial charge in [-0.2, -0.15) is 5.26 Å². The molecule has 2 heterocycles. The predicted octanol–water partition coefficient (Wildman–Crippen LogP) is 3.27. The first-order valence-corrected chi connectivity index (χ1v) is 8.10. The Morgan fingerprint density at radius 1 is 1.17 bits per heavy atom. The average Bonchev–Trinajstić information content (AvgIpc) is 2.90. The number of hydrogen-bond acceptors (Lipinski definition) is 3. The van der Waals surface area contributed by atoms with Gasteiger partial charge in [0, 0.05) is 37.4 Å². The van der Waals surface area contributed by atoms with Crippen molar-refractivity contribution in [3.05, 3.63) is 47.3 Å². The van der Waals surface area contributed by atoms with Gasteiger partial charge in [0.05, 0.1) is 13.2 Å². The Bertz CT molecular complexity index is 718. The van der Waals surface area contributed by atoms with Crippen LogP contribution in [0.1, 0.15) is 29.9 Å². The molecule has 0 N–H and O–H groups in total. The zero-order valence-electron chi connectivity index (χ0n) is 14.0. The Morgan fingerprint density at radius 3 is 2.39 bits per heavy atom. The number of rotatable bonds is 3. The quantitative estimate of drug-likeness (QED) is 0.874.